The summed E-state index contributed by atoms with van der Waals surface area (Å²) in [7, 11) is 1.70. The van der Waals surface area contributed by atoms with Gasteiger partial charge in [-0.3, -0.25) is 4.98 Å². The second-order valence-corrected chi connectivity index (χ2v) is 5.52. The first-order chi connectivity index (χ1) is 10.2. The van der Waals surface area contributed by atoms with Gasteiger partial charge in [0.2, 0.25) is 0 Å². The molecule has 2 aromatic rings. The number of piperidine rings is 1. The lowest BCUT2D eigenvalue weighted by atomic mass is 9.98. The number of rotatable bonds is 3. The maximum atomic E-state index is 13.9. The summed E-state index contributed by atoms with van der Waals surface area (Å²) in [6, 6.07) is 4.07. The number of methoxy groups -OCH3 is 1. The van der Waals surface area contributed by atoms with Gasteiger partial charge >= 0.3 is 0 Å². The Kier molecular flexibility index (Phi) is 4.01. The highest BCUT2D eigenvalue weighted by Gasteiger charge is 2.22. The molecule has 1 atom stereocenters. The van der Waals surface area contributed by atoms with Crippen LogP contribution in [0.3, 0.4) is 0 Å². The molecule has 0 spiro atoms. The summed E-state index contributed by atoms with van der Waals surface area (Å²) in [5.41, 5.74) is 1.07. The van der Waals surface area contributed by atoms with Gasteiger partial charge in [-0.2, -0.15) is 0 Å². The fourth-order valence-electron chi connectivity index (χ4n) is 3.10. The minimum Gasteiger partial charge on any atom is -0.384 e. The lowest BCUT2D eigenvalue weighted by Gasteiger charge is -2.34. The van der Waals surface area contributed by atoms with E-state index in [0.717, 1.165) is 37.7 Å². The Hall–Kier alpha value is -1.75. The zero-order valence-electron chi connectivity index (χ0n) is 12.0. The Morgan fingerprint density at radius 1 is 1.38 bits per heavy atom. The van der Waals surface area contributed by atoms with Gasteiger partial charge in [0.15, 0.2) is 5.82 Å². The minimum atomic E-state index is -0.614. The smallest absolute Gasteiger partial charge is 0.152 e. The van der Waals surface area contributed by atoms with E-state index in [1.54, 1.807) is 13.3 Å². The average Bonchev–Trinajstić information content (AvgIpc) is 2.47. The van der Waals surface area contributed by atoms with Crippen LogP contribution < -0.4 is 4.90 Å². The maximum absolute atomic E-state index is 13.9. The van der Waals surface area contributed by atoms with Gasteiger partial charge in [-0.05, 0) is 30.9 Å². The molecule has 1 unspecified atom stereocenters. The summed E-state index contributed by atoms with van der Waals surface area (Å²) in [6.07, 6.45) is 3.75. The van der Waals surface area contributed by atoms with Crippen LogP contribution in [-0.2, 0) is 4.74 Å². The summed E-state index contributed by atoms with van der Waals surface area (Å²) >= 11 is 0. The number of hydrogen-bond acceptors (Lipinski definition) is 3. The van der Waals surface area contributed by atoms with Gasteiger partial charge in [0, 0.05) is 43.5 Å². The number of fused-ring (bicyclic) bond motifs is 1. The van der Waals surface area contributed by atoms with E-state index < -0.39 is 11.6 Å². The van der Waals surface area contributed by atoms with Crippen molar-refractivity contribution in [3.05, 3.63) is 36.0 Å². The zero-order chi connectivity index (χ0) is 14.8. The van der Waals surface area contributed by atoms with Gasteiger partial charge in [0.1, 0.15) is 11.3 Å². The number of nitrogens with zero attached hydrogens (tertiary/aromatic N) is 2. The third kappa shape index (κ3) is 2.83. The highest BCUT2D eigenvalue weighted by Crippen LogP contribution is 2.31. The standard InChI is InChI=1S/C16H18F2N2O/c1-21-10-11-3-2-6-20(9-11)15-4-5-19-16-13(15)7-12(17)8-14(16)18/h4-5,7-8,11H,2-3,6,9-10H2,1H3. The summed E-state index contributed by atoms with van der Waals surface area (Å²) < 4.78 is 32.6. The largest absolute Gasteiger partial charge is 0.384 e. The van der Waals surface area contributed by atoms with Gasteiger partial charge in [-0.15, -0.1) is 0 Å². The third-order valence-corrected chi connectivity index (χ3v) is 4.00. The molecule has 1 aliphatic heterocycles. The molecule has 1 fully saturated rings. The molecule has 2 heterocycles. The monoisotopic (exact) mass is 292 g/mol. The summed E-state index contributed by atoms with van der Waals surface area (Å²) in [4.78, 5) is 6.22. The summed E-state index contributed by atoms with van der Waals surface area (Å²) in [6.45, 7) is 2.44. The Balaban J connectivity index is 2.00. The van der Waals surface area contributed by atoms with E-state index in [1.807, 2.05) is 6.07 Å². The first kappa shape index (κ1) is 14.2. The number of pyridine rings is 1. The van der Waals surface area contributed by atoms with Gasteiger partial charge in [-0.1, -0.05) is 0 Å². The van der Waals surface area contributed by atoms with E-state index in [0.29, 0.717) is 17.9 Å². The average molecular weight is 292 g/mol. The molecule has 0 bridgehead atoms. The molecular formula is C16H18F2N2O. The maximum Gasteiger partial charge on any atom is 0.152 e. The Bertz CT molecular complexity index is 645. The van der Waals surface area contributed by atoms with Crippen molar-refractivity contribution < 1.29 is 13.5 Å². The van der Waals surface area contributed by atoms with Crippen LogP contribution in [0, 0.1) is 17.6 Å². The van der Waals surface area contributed by atoms with Crippen molar-refractivity contribution in [2.75, 3.05) is 31.7 Å². The molecule has 112 valence electrons. The van der Waals surface area contributed by atoms with Gasteiger partial charge in [-0.25, -0.2) is 8.78 Å². The number of hydrogen-bond donors (Lipinski definition) is 0. The lowest BCUT2D eigenvalue weighted by Crippen LogP contribution is -2.37. The van der Waals surface area contributed by atoms with Crippen LogP contribution in [0.4, 0.5) is 14.5 Å². The first-order valence-corrected chi connectivity index (χ1v) is 7.16. The number of ether oxygens (including phenoxy) is 1. The SMILES string of the molecule is COCC1CCCN(c2ccnc3c(F)cc(F)cc23)C1. The highest BCUT2D eigenvalue weighted by atomic mass is 19.1. The number of aromatic nitrogens is 1. The molecule has 0 amide bonds. The number of halogens is 2. The second kappa shape index (κ2) is 5.93. The predicted molar refractivity (Wildman–Crippen MR) is 78.5 cm³/mol. The van der Waals surface area contributed by atoms with Gasteiger partial charge < -0.3 is 9.64 Å². The molecule has 0 N–H and O–H groups in total. The molecule has 0 radical (unpaired) electrons. The molecule has 1 saturated heterocycles. The van der Waals surface area contributed by atoms with Crippen molar-refractivity contribution in [1.29, 1.82) is 0 Å². The molecule has 0 aliphatic carbocycles. The molecule has 1 aliphatic rings. The van der Waals surface area contributed by atoms with Gasteiger partial charge in [0.25, 0.3) is 0 Å². The van der Waals surface area contributed by atoms with Crippen LogP contribution >= 0.6 is 0 Å². The van der Waals surface area contributed by atoms with Crippen LogP contribution in [-0.4, -0.2) is 31.8 Å². The van der Waals surface area contributed by atoms with Crippen LogP contribution in [0.15, 0.2) is 24.4 Å². The van der Waals surface area contributed by atoms with Crippen LogP contribution in [0.5, 0.6) is 0 Å². The molecule has 5 heteroatoms. The quantitative estimate of drug-likeness (QED) is 0.867. The molecular weight excluding hydrogens is 274 g/mol. The molecule has 3 rings (SSSR count). The van der Waals surface area contributed by atoms with Crippen LogP contribution in [0.25, 0.3) is 10.9 Å². The summed E-state index contributed by atoms with van der Waals surface area (Å²) in [5, 5.41) is 0.535. The molecule has 21 heavy (non-hydrogen) atoms. The molecule has 1 aromatic carbocycles. The molecule has 1 aromatic heterocycles. The van der Waals surface area contributed by atoms with E-state index in [9.17, 15) is 8.78 Å². The Morgan fingerprint density at radius 2 is 2.24 bits per heavy atom. The van der Waals surface area contributed by atoms with Crippen LogP contribution in [0.1, 0.15) is 12.8 Å². The van der Waals surface area contributed by atoms with Crippen molar-refractivity contribution in [1.82, 2.24) is 4.98 Å². The normalized spacial score (nSPS) is 19.2. The van der Waals surface area contributed by atoms with Crippen LogP contribution in [0.2, 0.25) is 0 Å². The van der Waals surface area contributed by atoms with E-state index in [2.05, 4.69) is 9.88 Å². The van der Waals surface area contributed by atoms with Crippen molar-refractivity contribution in [3.8, 4) is 0 Å². The predicted octanol–water partition coefficient (Wildman–Crippen LogP) is 3.38. The van der Waals surface area contributed by atoms with Gasteiger partial charge in [0.05, 0.1) is 6.61 Å². The highest BCUT2D eigenvalue weighted by molar-refractivity contribution is 5.92. The second-order valence-electron chi connectivity index (χ2n) is 5.52. The van der Waals surface area contributed by atoms with E-state index in [-0.39, 0.29) is 5.52 Å². The van der Waals surface area contributed by atoms with E-state index in [4.69, 9.17) is 4.74 Å². The van der Waals surface area contributed by atoms with E-state index in [1.165, 1.54) is 6.07 Å². The fraction of sp³-hybridized carbons (Fsp3) is 0.438. The van der Waals surface area contributed by atoms with Crippen molar-refractivity contribution >= 4 is 16.6 Å². The van der Waals surface area contributed by atoms with Crippen molar-refractivity contribution in [3.63, 3.8) is 0 Å². The minimum absolute atomic E-state index is 0.225. The summed E-state index contributed by atoms with van der Waals surface area (Å²) in [5.74, 6) is -0.734. The van der Waals surface area contributed by atoms with Crippen molar-refractivity contribution in [2.24, 2.45) is 5.92 Å². The zero-order valence-corrected chi connectivity index (χ0v) is 12.0. The third-order valence-electron chi connectivity index (χ3n) is 4.00. The number of benzene rings is 1. The Morgan fingerprint density at radius 3 is 3.05 bits per heavy atom. The lowest BCUT2D eigenvalue weighted by molar-refractivity contribution is 0.143. The number of anilines is 1. The molecule has 3 nitrogen and oxygen atoms in total. The fourth-order valence-corrected chi connectivity index (χ4v) is 3.10. The topological polar surface area (TPSA) is 25.4 Å². The van der Waals surface area contributed by atoms with Crippen molar-refractivity contribution in [2.45, 2.75) is 12.8 Å². The Labute approximate surface area is 122 Å². The first-order valence-electron chi connectivity index (χ1n) is 7.16. The molecule has 0 saturated carbocycles. The van der Waals surface area contributed by atoms with E-state index >= 15 is 0 Å².